The quantitative estimate of drug-likeness (QED) is 0.687. The Bertz CT molecular complexity index is 857. The van der Waals surface area contributed by atoms with Crippen molar-refractivity contribution in [3.63, 3.8) is 0 Å². The van der Waals surface area contributed by atoms with Crippen molar-refractivity contribution >= 4 is 16.8 Å². The predicted octanol–water partition coefficient (Wildman–Crippen LogP) is 3.43. The first-order valence-electron chi connectivity index (χ1n) is 7.52. The fourth-order valence-corrected chi connectivity index (χ4v) is 3.04. The first-order valence-corrected chi connectivity index (χ1v) is 7.52. The molecule has 3 aromatic rings. The lowest BCUT2D eigenvalue weighted by Gasteiger charge is -2.28. The Balaban J connectivity index is 1.64. The van der Waals surface area contributed by atoms with E-state index in [1.807, 2.05) is 41.3 Å². The summed E-state index contributed by atoms with van der Waals surface area (Å²) in [4.78, 5) is 19.0. The highest BCUT2D eigenvalue weighted by atomic mass is 16.2. The summed E-state index contributed by atoms with van der Waals surface area (Å²) in [7, 11) is 0. The van der Waals surface area contributed by atoms with Gasteiger partial charge in [0.25, 0.3) is 5.91 Å². The van der Waals surface area contributed by atoms with Crippen molar-refractivity contribution < 1.29 is 4.79 Å². The number of carbonyl (C=O) groups is 1. The maximum absolute atomic E-state index is 12.7. The Hall–Kier alpha value is -2.68. The summed E-state index contributed by atoms with van der Waals surface area (Å²) in [6.07, 6.45) is 2.61. The molecule has 0 N–H and O–H groups in total. The molecule has 0 fully saturated rings. The van der Waals surface area contributed by atoms with Crippen LogP contribution in [0.15, 0.2) is 60.8 Å². The Morgan fingerprint density at radius 2 is 1.77 bits per heavy atom. The zero-order valence-corrected chi connectivity index (χ0v) is 12.2. The van der Waals surface area contributed by atoms with Gasteiger partial charge in [0, 0.05) is 24.7 Å². The minimum absolute atomic E-state index is 0.0627. The van der Waals surface area contributed by atoms with Gasteiger partial charge in [0.1, 0.15) is 0 Å². The third kappa shape index (κ3) is 2.25. The molecule has 0 unspecified atom stereocenters. The van der Waals surface area contributed by atoms with E-state index < -0.39 is 0 Å². The Morgan fingerprint density at radius 3 is 2.68 bits per heavy atom. The maximum atomic E-state index is 12.7. The highest BCUT2D eigenvalue weighted by Crippen LogP contribution is 2.21. The molecule has 3 heteroatoms. The molecule has 4 rings (SSSR count). The zero-order valence-electron chi connectivity index (χ0n) is 12.2. The molecule has 0 spiro atoms. The Labute approximate surface area is 129 Å². The number of aromatic nitrogens is 1. The van der Waals surface area contributed by atoms with Crippen LogP contribution in [0.4, 0.5) is 0 Å². The minimum atomic E-state index is 0.0627. The van der Waals surface area contributed by atoms with Crippen LogP contribution in [-0.4, -0.2) is 22.3 Å². The van der Waals surface area contributed by atoms with Gasteiger partial charge in [0.05, 0.1) is 11.1 Å². The van der Waals surface area contributed by atoms with Gasteiger partial charge in [-0.05, 0) is 29.7 Å². The lowest BCUT2D eigenvalue weighted by Crippen LogP contribution is -2.35. The van der Waals surface area contributed by atoms with E-state index in [1.54, 1.807) is 6.20 Å². The fraction of sp³-hybridized carbons (Fsp3) is 0.158. The van der Waals surface area contributed by atoms with E-state index in [0.29, 0.717) is 12.1 Å². The molecular formula is C19H16N2O. The fourth-order valence-electron chi connectivity index (χ4n) is 3.04. The number of hydrogen-bond donors (Lipinski definition) is 0. The summed E-state index contributed by atoms with van der Waals surface area (Å²) < 4.78 is 0. The molecule has 1 aliphatic heterocycles. The molecule has 0 radical (unpaired) electrons. The summed E-state index contributed by atoms with van der Waals surface area (Å²) in [5.74, 6) is 0.0627. The number of para-hydroxylation sites is 1. The standard InChI is InChI=1S/C19H16N2O/c22-19(17-11-15-6-3-4-8-18(15)20-12-17)21-10-9-14-5-1-2-7-16(14)13-21/h1-8,11-12H,9-10,13H2. The van der Waals surface area contributed by atoms with Gasteiger partial charge in [-0.1, -0.05) is 42.5 Å². The number of benzene rings is 2. The molecule has 108 valence electrons. The van der Waals surface area contributed by atoms with Crippen LogP contribution in [0, 0.1) is 0 Å². The van der Waals surface area contributed by atoms with Gasteiger partial charge in [-0.3, -0.25) is 9.78 Å². The second-order valence-corrected chi connectivity index (χ2v) is 5.66. The Morgan fingerprint density at radius 1 is 1.00 bits per heavy atom. The molecular weight excluding hydrogens is 272 g/mol. The van der Waals surface area contributed by atoms with Gasteiger partial charge >= 0.3 is 0 Å². The second kappa shape index (κ2) is 5.26. The number of amides is 1. The van der Waals surface area contributed by atoms with Crippen molar-refractivity contribution in [3.8, 4) is 0 Å². The van der Waals surface area contributed by atoms with E-state index in [1.165, 1.54) is 11.1 Å². The van der Waals surface area contributed by atoms with E-state index >= 15 is 0 Å². The number of fused-ring (bicyclic) bond motifs is 2. The van der Waals surface area contributed by atoms with Crippen LogP contribution in [0.2, 0.25) is 0 Å². The van der Waals surface area contributed by atoms with Gasteiger partial charge < -0.3 is 4.90 Å². The topological polar surface area (TPSA) is 33.2 Å². The van der Waals surface area contributed by atoms with Gasteiger partial charge in [0.15, 0.2) is 0 Å². The Kier molecular flexibility index (Phi) is 3.11. The lowest BCUT2D eigenvalue weighted by atomic mass is 9.99. The van der Waals surface area contributed by atoms with Gasteiger partial charge in [-0.25, -0.2) is 0 Å². The molecule has 1 aliphatic rings. The number of carbonyl (C=O) groups excluding carboxylic acids is 1. The van der Waals surface area contributed by atoms with Crippen LogP contribution in [0.3, 0.4) is 0 Å². The molecule has 2 aromatic carbocycles. The van der Waals surface area contributed by atoms with Crippen molar-refractivity contribution in [3.05, 3.63) is 77.5 Å². The molecule has 0 saturated heterocycles. The molecule has 0 atom stereocenters. The average Bonchev–Trinajstić information content (AvgIpc) is 2.60. The lowest BCUT2D eigenvalue weighted by molar-refractivity contribution is 0.0734. The van der Waals surface area contributed by atoms with E-state index in [4.69, 9.17) is 0 Å². The minimum Gasteiger partial charge on any atom is -0.334 e. The highest BCUT2D eigenvalue weighted by molar-refractivity contribution is 5.97. The van der Waals surface area contributed by atoms with Crippen LogP contribution in [0.5, 0.6) is 0 Å². The SMILES string of the molecule is O=C(c1cnc2ccccc2c1)N1CCc2ccccc2C1. The first-order chi connectivity index (χ1) is 10.8. The predicted molar refractivity (Wildman–Crippen MR) is 86.6 cm³/mol. The van der Waals surface area contributed by atoms with Crippen LogP contribution in [-0.2, 0) is 13.0 Å². The number of pyridine rings is 1. The van der Waals surface area contributed by atoms with Crippen LogP contribution in [0.25, 0.3) is 10.9 Å². The third-order valence-electron chi connectivity index (χ3n) is 4.26. The monoisotopic (exact) mass is 288 g/mol. The van der Waals surface area contributed by atoms with Crippen molar-refractivity contribution in [1.29, 1.82) is 0 Å². The number of hydrogen-bond acceptors (Lipinski definition) is 2. The van der Waals surface area contributed by atoms with Crippen LogP contribution < -0.4 is 0 Å². The molecule has 22 heavy (non-hydrogen) atoms. The van der Waals surface area contributed by atoms with Crippen LogP contribution >= 0.6 is 0 Å². The average molecular weight is 288 g/mol. The molecule has 0 bridgehead atoms. The molecule has 3 nitrogen and oxygen atoms in total. The van der Waals surface area contributed by atoms with Gasteiger partial charge in [0.2, 0.25) is 0 Å². The zero-order chi connectivity index (χ0) is 14.9. The highest BCUT2D eigenvalue weighted by Gasteiger charge is 2.21. The van der Waals surface area contributed by atoms with E-state index in [-0.39, 0.29) is 5.91 Å². The number of rotatable bonds is 1. The summed E-state index contributed by atoms with van der Waals surface area (Å²) in [6, 6.07) is 18.2. The van der Waals surface area contributed by atoms with Crippen molar-refractivity contribution in [1.82, 2.24) is 9.88 Å². The molecule has 0 aliphatic carbocycles. The summed E-state index contributed by atoms with van der Waals surface area (Å²) in [6.45, 7) is 1.45. The maximum Gasteiger partial charge on any atom is 0.255 e. The molecule has 2 heterocycles. The molecule has 0 saturated carbocycles. The summed E-state index contributed by atoms with van der Waals surface area (Å²) in [5, 5.41) is 1.01. The van der Waals surface area contributed by atoms with Gasteiger partial charge in [-0.2, -0.15) is 0 Å². The van der Waals surface area contributed by atoms with Gasteiger partial charge in [-0.15, -0.1) is 0 Å². The largest absolute Gasteiger partial charge is 0.334 e. The van der Waals surface area contributed by atoms with Crippen molar-refractivity contribution in [2.24, 2.45) is 0 Å². The normalized spacial score (nSPS) is 13.9. The molecule has 1 amide bonds. The van der Waals surface area contributed by atoms with E-state index in [9.17, 15) is 4.79 Å². The first kappa shape index (κ1) is 13.0. The smallest absolute Gasteiger partial charge is 0.255 e. The van der Waals surface area contributed by atoms with Crippen LogP contribution in [0.1, 0.15) is 21.5 Å². The van der Waals surface area contributed by atoms with E-state index in [2.05, 4.69) is 23.2 Å². The second-order valence-electron chi connectivity index (χ2n) is 5.66. The summed E-state index contributed by atoms with van der Waals surface area (Å²) in [5.41, 5.74) is 4.18. The van der Waals surface area contributed by atoms with Crippen molar-refractivity contribution in [2.45, 2.75) is 13.0 Å². The third-order valence-corrected chi connectivity index (χ3v) is 4.26. The molecule has 1 aromatic heterocycles. The summed E-state index contributed by atoms with van der Waals surface area (Å²) >= 11 is 0. The number of nitrogens with zero attached hydrogens (tertiary/aromatic N) is 2. The van der Waals surface area contributed by atoms with Crippen molar-refractivity contribution in [2.75, 3.05) is 6.54 Å². The van der Waals surface area contributed by atoms with E-state index in [0.717, 1.165) is 23.9 Å².